The van der Waals surface area contributed by atoms with E-state index in [2.05, 4.69) is 16.5 Å². The molecule has 1 N–H and O–H groups in total. The van der Waals surface area contributed by atoms with E-state index in [0.717, 1.165) is 23.1 Å². The van der Waals surface area contributed by atoms with E-state index in [1.807, 2.05) is 42.2 Å². The molecule has 0 atom stereocenters. The van der Waals surface area contributed by atoms with Gasteiger partial charge in [-0.15, -0.1) is 0 Å². The number of carbonyl (C=O) groups excluding carboxylic acids is 2. The van der Waals surface area contributed by atoms with Crippen LogP contribution in [0.5, 0.6) is 11.5 Å². The van der Waals surface area contributed by atoms with Crippen LogP contribution >= 0.6 is 0 Å². The third-order valence-corrected chi connectivity index (χ3v) is 5.71. The fraction of sp³-hybridized carbons (Fsp3) is 0.320. The Kier molecular flexibility index (Phi) is 6.63. The number of aromatic nitrogens is 2. The van der Waals surface area contributed by atoms with Gasteiger partial charge in [0.15, 0.2) is 5.69 Å². The SMILES string of the molecule is COc1ccc(CNC(=O)c2cc3n(n2)CCCN(Cc2cccc(C)c2)C3=O)c(OC)c1. The van der Waals surface area contributed by atoms with E-state index >= 15 is 0 Å². The van der Waals surface area contributed by atoms with Gasteiger partial charge in [0.1, 0.15) is 17.2 Å². The Bertz CT molecular complexity index is 1170. The summed E-state index contributed by atoms with van der Waals surface area (Å²) in [7, 11) is 3.16. The van der Waals surface area contributed by atoms with Crippen LogP contribution in [0.1, 0.15) is 44.1 Å². The second-order valence-corrected chi connectivity index (χ2v) is 8.07. The van der Waals surface area contributed by atoms with Crippen LogP contribution in [0.15, 0.2) is 48.5 Å². The molecule has 1 aliphatic heterocycles. The van der Waals surface area contributed by atoms with Gasteiger partial charge in [-0.1, -0.05) is 29.8 Å². The zero-order valence-corrected chi connectivity index (χ0v) is 19.1. The highest BCUT2D eigenvalue weighted by Crippen LogP contribution is 2.24. The zero-order valence-electron chi connectivity index (χ0n) is 19.1. The smallest absolute Gasteiger partial charge is 0.272 e. The van der Waals surface area contributed by atoms with Crippen molar-refractivity contribution in [3.05, 3.63) is 76.6 Å². The summed E-state index contributed by atoms with van der Waals surface area (Å²) >= 11 is 0. The number of fused-ring (bicyclic) bond motifs is 1. The van der Waals surface area contributed by atoms with Gasteiger partial charge >= 0.3 is 0 Å². The number of methoxy groups -OCH3 is 2. The van der Waals surface area contributed by atoms with E-state index in [0.29, 0.717) is 36.8 Å². The first-order valence-electron chi connectivity index (χ1n) is 10.9. The second kappa shape index (κ2) is 9.77. The average Bonchev–Trinajstić information content (AvgIpc) is 3.20. The Morgan fingerprint density at radius 2 is 1.94 bits per heavy atom. The van der Waals surface area contributed by atoms with Crippen LogP contribution in [0.4, 0.5) is 0 Å². The molecule has 8 heteroatoms. The summed E-state index contributed by atoms with van der Waals surface area (Å²) in [5.41, 5.74) is 3.72. The van der Waals surface area contributed by atoms with Crippen molar-refractivity contribution in [3.63, 3.8) is 0 Å². The normalized spacial score (nSPS) is 13.3. The van der Waals surface area contributed by atoms with Gasteiger partial charge in [-0.2, -0.15) is 5.10 Å². The van der Waals surface area contributed by atoms with Gasteiger partial charge in [0, 0.05) is 43.9 Å². The van der Waals surface area contributed by atoms with Crippen LogP contribution in [0.2, 0.25) is 0 Å². The first kappa shape index (κ1) is 22.4. The highest BCUT2D eigenvalue weighted by Gasteiger charge is 2.26. The lowest BCUT2D eigenvalue weighted by molar-refractivity contribution is 0.0745. The zero-order chi connectivity index (χ0) is 23.4. The van der Waals surface area contributed by atoms with Gasteiger partial charge in [-0.3, -0.25) is 14.3 Å². The fourth-order valence-corrected chi connectivity index (χ4v) is 3.99. The van der Waals surface area contributed by atoms with Crippen molar-refractivity contribution in [1.82, 2.24) is 20.0 Å². The number of nitrogens with zero attached hydrogens (tertiary/aromatic N) is 3. The van der Waals surface area contributed by atoms with Crippen molar-refractivity contribution in [2.24, 2.45) is 0 Å². The van der Waals surface area contributed by atoms with Crippen molar-refractivity contribution in [3.8, 4) is 11.5 Å². The van der Waals surface area contributed by atoms with Gasteiger partial charge in [0.2, 0.25) is 0 Å². The van der Waals surface area contributed by atoms with Gasteiger partial charge in [-0.25, -0.2) is 0 Å². The molecule has 8 nitrogen and oxygen atoms in total. The molecule has 33 heavy (non-hydrogen) atoms. The van der Waals surface area contributed by atoms with Crippen LogP contribution in [0.25, 0.3) is 0 Å². The molecule has 2 aromatic carbocycles. The van der Waals surface area contributed by atoms with Crippen LogP contribution in [0.3, 0.4) is 0 Å². The Morgan fingerprint density at radius 1 is 1.09 bits per heavy atom. The van der Waals surface area contributed by atoms with Gasteiger partial charge in [-0.05, 0) is 31.0 Å². The standard InChI is InChI=1S/C25H28N4O4/c1-17-6-4-7-18(12-17)16-28-10-5-11-29-22(25(28)31)14-21(27-29)24(30)26-15-19-8-9-20(32-2)13-23(19)33-3/h4,6-9,12-14H,5,10-11,15-16H2,1-3H3,(H,26,30). The molecule has 0 radical (unpaired) electrons. The molecule has 0 unspecified atom stereocenters. The topological polar surface area (TPSA) is 85.7 Å². The summed E-state index contributed by atoms with van der Waals surface area (Å²) in [6.45, 7) is 4.07. The summed E-state index contributed by atoms with van der Waals surface area (Å²) in [5.74, 6) is 0.842. The number of hydrogen-bond donors (Lipinski definition) is 1. The van der Waals surface area contributed by atoms with E-state index in [9.17, 15) is 9.59 Å². The van der Waals surface area contributed by atoms with Crippen molar-refractivity contribution < 1.29 is 19.1 Å². The van der Waals surface area contributed by atoms with Crippen molar-refractivity contribution in [2.75, 3.05) is 20.8 Å². The molecule has 172 valence electrons. The fourth-order valence-electron chi connectivity index (χ4n) is 3.99. The maximum atomic E-state index is 13.2. The molecule has 2 amide bonds. The number of nitrogens with one attached hydrogen (secondary N) is 1. The summed E-state index contributed by atoms with van der Waals surface area (Å²) in [4.78, 5) is 27.8. The highest BCUT2D eigenvalue weighted by atomic mass is 16.5. The lowest BCUT2D eigenvalue weighted by atomic mass is 10.1. The van der Waals surface area contributed by atoms with E-state index in [-0.39, 0.29) is 24.1 Å². The van der Waals surface area contributed by atoms with E-state index in [1.54, 1.807) is 31.0 Å². The molecule has 0 saturated carbocycles. The lowest BCUT2D eigenvalue weighted by Crippen LogP contribution is -2.30. The van der Waals surface area contributed by atoms with Crippen LogP contribution < -0.4 is 14.8 Å². The largest absolute Gasteiger partial charge is 0.497 e. The first-order valence-corrected chi connectivity index (χ1v) is 10.9. The summed E-state index contributed by atoms with van der Waals surface area (Å²) in [6.07, 6.45) is 0.774. The van der Waals surface area contributed by atoms with Crippen molar-refractivity contribution in [2.45, 2.75) is 33.0 Å². The molecule has 1 aliphatic rings. The summed E-state index contributed by atoms with van der Waals surface area (Å²) in [6, 6.07) is 15.1. The molecule has 0 aliphatic carbocycles. The van der Waals surface area contributed by atoms with Crippen molar-refractivity contribution in [1.29, 1.82) is 0 Å². The minimum atomic E-state index is -0.341. The van der Waals surface area contributed by atoms with Crippen LogP contribution in [0, 0.1) is 6.92 Å². The second-order valence-electron chi connectivity index (χ2n) is 8.07. The molecule has 3 aromatic rings. The predicted octanol–water partition coefficient (Wildman–Crippen LogP) is 3.18. The quantitative estimate of drug-likeness (QED) is 0.600. The minimum absolute atomic E-state index is 0.114. The van der Waals surface area contributed by atoms with Gasteiger partial charge in [0.05, 0.1) is 14.2 Å². The summed E-state index contributed by atoms with van der Waals surface area (Å²) < 4.78 is 12.2. The molecule has 0 spiro atoms. The highest BCUT2D eigenvalue weighted by molar-refractivity contribution is 5.98. The number of aryl methyl sites for hydroxylation is 2. The minimum Gasteiger partial charge on any atom is -0.497 e. The number of rotatable bonds is 7. The Balaban J connectivity index is 1.46. The maximum absolute atomic E-state index is 13.2. The molecule has 0 fully saturated rings. The van der Waals surface area contributed by atoms with E-state index in [4.69, 9.17) is 9.47 Å². The van der Waals surface area contributed by atoms with Crippen molar-refractivity contribution >= 4 is 11.8 Å². The molecular weight excluding hydrogens is 420 g/mol. The molecule has 0 bridgehead atoms. The van der Waals surface area contributed by atoms with Gasteiger partial charge < -0.3 is 19.7 Å². The van der Waals surface area contributed by atoms with E-state index in [1.165, 1.54) is 0 Å². The Hall–Kier alpha value is -3.81. The van der Waals surface area contributed by atoms with Crippen LogP contribution in [-0.4, -0.2) is 47.3 Å². The number of amides is 2. The predicted molar refractivity (Wildman–Crippen MR) is 123 cm³/mol. The van der Waals surface area contributed by atoms with E-state index < -0.39 is 0 Å². The molecule has 1 aromatic heterocycles. The van der Waals surface area contributed by atoms with Gasteiger partial charge in [0.25, 0.3) is 11.8 Å². The number of carbonyl (C=O) groups is 2. The monoisotopic (exact) mass is 448 g/mol. The Labute approximate surface area is 193 Å². The maximum Gasteiger partial charge on any atom is 0.272 e. The molecule has 4 rings (SSSR count). The van der Waals surface area contributed by atoms with Crippen LogP contribution in [-0.2, 0) is 19.6 Å². The third kappa shape index (κ3) is 5.00. The Morgan fingerprint density at radius 3 is 2.70 bits per heavy atom. The first-order chi connectivity index (χ1) is 16.0. The number of benzene rings is 2. The number of hydrogen-bond acceptors (Lipinski definition) is 5. The lowest BCUT2D eigenvalue weighted by Gasteiger charge is -2.20. The third-order valence-electron chi connectivity index (χ3n) is 5.71. The molecular formula is C25H28N4O4. The molecule has 2 heterocycles. The summed E-state index contributed by atoms with van der Waals surface area (Å²) in [5, 5.41) is 7.27. The molecule has 0 saturated heterocycles. The average molecular weight is 449 g/mol. The number of ether oxygens (including phenoxy) is 2.